The zero-order valence-electron chi connectivity index (χ0n) is 19.2. The van der Waals surface area contributed by atoms with Gasteiger partial charge >= 0.3 is 0 Å². The Morgan fingerprint density at radius 2 is 1.77 bits per heavy atom. The van der Waals surface area contributed by atoms with E-state index in [-0.39, 0.29) is 31.1 Å². The first-order valence-corrected chi connectivity index (χ1v) is 11.5. The molecule has 0 radical (unpaired) electrons. The molecule has 2 aromatic rings. The lowest BCUT2D eigenvalue weighted by Gasteiger charge is -2.39. The molecule has 0 aliphatic carbocycles. The van der Waals surface area contributed by atoms with Crippen molar-refractivity contribution < 1.29 is 19.2 Å². The van der Waals surface area contributed by atoms with E-state index in [1.165, 1.54) is 15.9 Å². The van der Waals surface area contributed by atoms with Crippen molar-refractivity contribution >= 4 is 40.8 Å². The van der Waals surface area contributed by atoms with Gasteiger partial charge in [0.15, 0.2) is 0 Å². The van der Waals surface area contributed by atoms with Gasteiger partial charge in [-0.15, -0.1) is 0 Å². The number of benzene rings is 2. The zero-order chi connectivity index (χ0) is 25.1. The number of fused-ring (bicyclic) bond motifs is 2. The fraction of sp³-hybridized carbons (Fsp3) is 0.185. The van der Waals surface area contributed by atoms with E-state index in [4.69, 9.17) is 11.6 Å². The Morgan fingerprint density at radius 3 is 2.49 bits per heavy atom. The molecular formula is C27H24ClN3O4. The van der Waals surface area contributed by atoms with Crippen LogP contribution in [0.2, 0.25) is 5.02 Å². The van der Waals surface area contributed by atoms with E-state index in [0.717, 1.165) is 11.1 Å². The van der Waals surface area contributed by atoms with E-state index in [1.807, 2.05) is 18.2 Å². The second-order valence-corrected chi connectivity index (χ2v) is 8.76. The van der Waals surface area contributed by atoms with Crippen LogP contribution in [-0.2, 0) is 14.4 Å². The average molecular weight is 490 g/mol. The van der Waals surface area contributed by atoms with Crippen molar-refractivity contribution in [1.29, 1.82) is 0 Å². The predicted molar refractivity (Wildman–Crippen MR) is 135 cm³/mol. The van der Waals surface area contributed by atoms with Crippen molar-refractivity contribution in [2.75, 3.05) is 25.0 Å². The normalized spacial score (nSPS) is 18.0. The summed E-state index contributed by atoms with van der Waals surface area (Å²) < 4.78 is 0. The highest BCUT2D eigenvalue weighted by Gasteiger charge is 2.41. The molecule has 35 heavy (non-hydrogen) atoms. The van der Waals surface area contributed by atoms with Crippen molar-refractivity contribution in [3.63, 3.8) is 0 Å². The molecule has 2 aliphatic rings. The summed E-state index contributed by atoms with van der Waals surface area (Å²) >= 11 is 5.98. The lowest BCUT2D eigenvalue weighted by Crippen LogP contribution is -2.60. The molecular weight excluding hydrogens is 466 g/mol. The Kier molecular flexibility index (Phi) is 6.98. The molecule has 0 spiro atoms. The largest absolute Gasteiger partial charge is 0.331 e. The van der Waals surface area contributed by atoms with Crippen LogP contribution in [0.3, 0.4) is 0 Å². The first kappa shape index (κ1) is 24.2. The molecule has 7 nitrogen and oxygen atoms in total. The molecule has 0 aromatic heterocycles. The molecule has 2 aliphatic heterocycles. The van der Waals surface area contributed by atoms with Crippen LogP contribution in [0.1, 0.15) is 17.3 Å². The zero-order valence-corrected chi connectivity index (χ0v) is 19.9. The molecule has 4 rings (SSSR count). The number of carbonyl (C=O) groups excluding carboxylic acids is 4. The quantitative estimate of drug-likeness (QED) is 0.392. The minimum Gasteiger partial charge on any atom is -0.331 e. The Morgan fingerprint density at radius 1 is 1.06 bits per heavy atom. The van der Waals surface area contributed by atoms with Crippen LogP contribution in [0.4, 0.5) is 5.69 Å². The van der Waals surface area contributed by atoms with Gasteiger partial charge in [-0.2, -0.15) is 0 Å². The van der Waals surface area contributed by atoms with E-state index >= 15 is 0 Å². The Hall–Kier alpha value is -3.97. The molecule has 1 N–H and O–H groups in total. The number of allylic oxidation sites excluding steroid dienone is 4. The number of nitrogens with one attached hydrogen (secondary N) is 1. The Labute approximate surface area is 208 Å². The summed E-state index contributed by atoms with van der Waals surface area (Å²) in [5.74, 6) is -2.05. The highest BCUT2D eigenvalue weighted by molar-refractivity contribution is 6.42. The number of carbonyl (C=O) groups is 4. The van der Waals surface area contributed by atoms with Crippen molar-refractivity contribution in [3.8, 4) is 11.1 Å². The monoisotopic (exact) mass is 489 g/mol. The van der Waals surface area contributed by atoms with Gasteiger partial charge in [-0.1, -0.05) is 60.7 Å². The van der Waals surface area contributed by atoms with Gasteiger partial charge in [0, 0.05) is 23.7 Å². The van der Waals surface area contributed by atoms with Crippen molar-refractivity contribution in [2.45, 2.75) is 13.0 Å². The summed E-state index contributed by atoms with van der Waals surface area (Å²) in [6.07, 6.45) is 6.37. The summed E-state index contributed by atoms with van der Waals surface area (Å²) in [7, 11) is 0. The number of piperazine rings is 1. The second-order valence-electron chi connectivity index (χ2n) is 8.32. The van der Waals surface area contributed by atoms with Crippen molar-refractivity contribution in [2.24, 2.45) is 0 Å². The van der Waals surface area contributed by atoms with Gasteiger partial charge in [0.25, 0.3) is 11.8 Å². The van der Waals surface area contributed by atoms with E-state index in [0.29, 0.717) is 16.3 Å². The fourth-order valence-corrected chi connectivity index (χ4v) is 4.25. The number of anilines is 1. The van der Waals surface area contributed by atoms with Gasteiger partial charge in [-0.3, -0.25) is 19.2 Å². The Balaban J connectivity index is 1.56. The molecule has 1 saturated heterocycles. The number of rotatable bonds is 5. The van der Waals surface area contributed by atoms with Crippen molar-refractivity contribution in [3.05, 3.63) is 89.5 Å². The second kappa shape index (κ2) is 10.1. The number of hydrogen-bond acceptors (Lipinski definition) is 4. The summed E-state index contributed by atoms with van der Waals surface area (Å²) in [4.78, 5) is 54.6. The highest BCUT2D eigenvalue weighted by Crippen LogP contribution is 2.30. The highest BCUT2D eigenvalue weighted by atomic mass is 35.5. The predicted octanol–water partition coefficient (Wildman–Crippen LogP) is 3.87. The third-order valence-corrected chi connectivity index (χ3v) is 6.31. The van der Waals surface area contributed by atoms with Crippen LogP contribution in [-0.4, -0.2) is 59.0 Å². The first-order valence-electron chi connectivity index (χ1n) is 11.1. The van der Waals surface area contributed by atoms with E-state index in [9.17, 15) is 19.2 Å². The fourth-order valence-electron chi connectivity index (χ4n) is 4.12. The maximum Gasteiger partial charge on any atom is 0.294 e. The average Bonchev–Trinajstić information content (AvgIpc) is 2.97. The molecule has 8 heteroatoms. The molecule has 1 unspecified atom stereocenters. The molecule has 1 atom stereocenters. The maximum atomic E-state index is 13.4. The van der Waals surface area contributed by atoms with Gasteiger partial charge in [-0.05, 0) is 42.3 Å². The van der Waals surface area contributed by atoms with Gasteiger partial charge in [0.05, 0.1) is 17.8 Å². The van der Waals surface area contributed by atoms with E-state index in [1.54, 1.807) is 49.4 Å². The lowest BCUT2D eigenvalue weighted by molar-refractivity contribution is -0.145. The van der Waals surface area contributed by atoms with Gasteiger partial charge in [0.2, 0.25) is 11.7 Å². The smallest absolute Gasteiger partial charge is 0.294 e. The number of nitrogens with zero attached hydrogens (tertiary/aromatic N) is 2. The lowest BCUT2D eigenvalue weighted by atomic mass is 10.0. The standard InChI is InChI=1S/C27H24ClN3O4/c1-3-4-5-6-17(2)24(32)27(35)30-13-14-31-23(16-30)25(33)29-22-12-9-19(15-21(22)26(31)34)18-7-10-20(28)11-8-18/h3-12,15,23H,1,13-14,16H2,2H3,(H,29,33). The number of Topliss-reactive ketones (excluding diaryl/α,β-unsaturated/α-hetero) is 1. The van der Waals surface area contributed by atoms with Gasteiger partial charge in [0.1, 0.15) is 6.04 Å². The molecule has 178 valence electrons. The maximum absolute atomic E-state index is 13.4. The minimum atomic E-state index is -0.899. The topological polar surface area (TPSA) is 86.8 Å². The minimum absolute atomic E-state index is 0.0596. The molecule has 1 fully saturated rings. The number of hydrogen-bond donors (Lipinski definition) is 1. The van der Waals surface area contributed by atoms with E-state index in [2.05, 4.69) is 11.9 Å². The molecule has 2 heterocycles. The molecule has 0 bridgehead atoms. The summed E-state index contributed by atoms with van der Waals surface area (Å²) in [5.41, 5.74) is 2.76. The molecule has 0 saturated carbocycles. The summed E-state index contributed by atoms with van der Waals surface area (Å²) in [6.45, 7) is 5.35. The van der Waals surface area contributed by atoms with Crippen LogP contribution in [0.15, 0.2) is 78.9 Å². The van der Waals surface area contributed by atoms with Crippen LogP contribution in [0.5, 0.6) is 0 Å². The number of halogens is 1. The number of ketones is 1. The van der Waals surface area contributed by atoms with Gasteiger partial charge < -0.3 is 15.1 Å². The number of amides is 3. The third kappa shape index (κ3) is 4.95. The van der Waals surface area contributed by atoms with Gasteiger partial charge in [-0.25, -0.2) is 0 Å². The molecule has 3 amide bonds. The third-order valence-electron chi connectivity index (χ3n) is 6.06. The SMILES string of the molecule is C=CC=CC=C(C)C(=O)C(=O)N1CCN2C(=O)c3cc(-c4ccc(Cl)cc4)ccc3NC(=O)C2C1. The van der Waals surface area contributed by atoms with E-state index < -0.39 is 23.6 Å². The molecule has 2 aromatic carbocycles. The van der Waals surface area contributed by atoms with Crippen LogP contribution in [0, 0.1) is 0 Å². The summed E-state index contributed by atoms with van der Waals surface area (Å²) in [6, 6.07) is 11.6. The van der Waals surface area contributed by atoms with Crippen molar-refractivity contribution in [1.82, 2.24) is 9.80 Å². The summed E-state index contributed by atoms with van der Waals surface area (Å²) in [5, 5.41) is 3.42. The van der Waals surface area contributed by atoms with Crippen LogP contribution < -0.4 is 5.32 Å². The Bertz CT molecular complexity index is 1280. The first-order chi connectivity index (χ1) is 16.8. The van der Waals surface area contributed by atoms with Crippen LogP contribution >= 0.6 is 11.6 Å². The van der Waals surface area contributed by atoms with Crippen LogP contribution in [0.25, 0.3) is 11.1 Å².